The minimum atomic E-state index is -0.0427. The van der Waals surface area contributed by atoms with E-state index >= 15 is 0 Å². The van der Waals surface area contributed by atoms with Gasteiger partial charge in [0.05, 0.1) is 18.3 Å². The van der Waals surface area contributed by atoms with Crippen molar-refractivity contribution in [3.05, 3.63) is 17.5 Å². The average molecular weight is 391 g/mol. The Hall–Kier alpha value is -2.09. The average Bonchev–Trinajstić information content (AvgIpc) is 3.40. The number of aromatic nitrogens is 1. The molecule has 0 aliphatic carbocycles. The number of carbonyl (C=O) groups excluding carboxylic acids is 1. The molecule has 3 heterocycles. The molecule has 2 saturated heterocycles. The highest BCUT2D eigenvalue weighted by Gasteiger charge is 2.30. The minimum Gasteiger partial charge on any atom is -0.359 e. The summed E-state index contributed by atoms with van der Waals surface area (Å²) in [6, 6.07) is 1.95. The van der Waals surface area contributed by atoms with Crippen LogP contribution in [0.2, 0.25) is 0 Å². The lowest BCUT2D eigenvalue weighted by molar-refractivity contribution is -0.135. The highest BCUT2D eigenvalue weighted by molar-refractivity contribution is 5.82. The van der Waals surface area contributed by atoms with Crippen molar-refractivity contribution in [3.8, 4) is 0 Å². The van der Waals surface area contributed by atoms with Crippen molar-refractivity contribution in [2.24, 2.45) is 4.99 Å². The first-order valence-electron chi connectivity index (χ1n) is 10.4. The molecule has 1 atom stereocenters. The zero-order valence-electron chi connectivity index (χ0n) is 17.6. The molecule has 3 rings (SSSR count). The Balaban J connectivity index is 1.47. The molecular formula is C20H34N6O2. The van der Waals surface area contributed by atoms with Gasteiger partial charge in [0.15, 0.2) is 11.7 Å². The van der Waals surface area contributed by atoms with Crippen molar-refractivity contribution in [2.45, 2.75) is 52.1 Å². The Bertz CT molecular complexity index is 672. The summed E-state index contributed by atoms with van der Waals surface area (Å²) < 4.78 is 5.40. The first kappa shape index (κ1) is 20.6. The van der Waals surface area contributed by atoms with Gasteiger partial charge in [-0.3, -0.25) is 14.7 Å². The second kappa shape index (κ2) is 9.41. The summed E-state index contributed by atoms with van der Waals surface area (Å²) >= 11 is 0. The smallest absolute Gasteiger partial charge is 0.239 e. The van der Waals surface area contributed by atoms with Crippen LogP contribution in [-0.2, 0) is 11.3 Å². The van der Waals surface area contributed by atoms with Crippen LogP contribution in [0.1, 0.15) is 51.0 Å². The summed E-state index contributed by atoms with van der Waals surface area (Å²) in [5.74, 6) is 2.31. The standard InChI is InChI=1S/C20H34N6O2/c1-15(2)18-13-17(28-23-18)14-22-20(21-4)26-11-9-24(10-12-26)16(3)19(27)25-7-5-6-8-25/h13,15-16H,5-12,14H2,1-4H3,(H,21,22). The second-order valence-corrected chi connectivity index (χ2v) is 8.00. The second-order valence-electron chi connectivity index (χ2n) is 8.00. The third-order valence-electron chi connectivity index (χ3n) is 5.74. The molecule has 0 bridgehead atoms. The van der Waals surface area contributed by atoms with Crippen LogP contribution in [0.5, 0.6) is 0 Å². The third kappa shape index (κ3) is 4.84. The van der Waals surface area contributed by atoms with Gasteiger partial charge < -0.3 is 19.6 Å². The molecule has 1 aromatic rings. The molecule has 28 heavy (non-hydrogen) atoms. The van der Waals surface area contributed by atoms with Gasteiger partial charge in [0.1, 0.15) is 0 Å². The topological polar surface area (TPSA) is 77.2 Å². The Morgan fingerprint density at radius 1 is 1.14 bits per heavy atom. The lowest BCUT2D eigenvalue weighted by atomic mass is 10.1. The van der Waals surface area contributed by atoms with Crippen LogP contribution in [0.15, 0.2) is 15.6 Å². The number of likely N-dealkylation sites (tertiary alicyclic amines) is 1. The number of rotatable bonds is 5. The van der Waals surface area contributed by atoms with Crippen LogP contribution < -0.4 is 5.32 Å². The van der Waals surface area contributed by atoms with Crippen LogP contribution in [0.4, 0.5) is 0 Å². The van der Waals surface area contributed by atoms with E-state index in [4.69, 9.17) is 4.52 Å². The molecule has 1 aromatic heterocycles. The van der Waals surface area contributed by atoms with E-state index in [1.54, 1.807) is 7.05 Å². The first-order chi connectivity index (χ1) is 13.5. The summed E-state index contributed by atoms with van der Waals surface area (Å²) in [6.07, 6.45) is 2.27. The Morgan fingerprint density at radius 2 is 1.82 bits per heavy atom. The highest BCUT2D eigenvalue weighted by Crippen LogP contribution is 2.15. The normalized spacial score (nSPS) is 20.1. The Kier molecular flexibility index (Phi) is 6.93. The fourth-order valence-corrected chi connectivity index (χ4v) is 3.86. The minimum absolute atomic E-state index is 0.0427. The molecule has 8 nitrogen and oxygen atoms in total. The van der Waals surface area contributed by atoms with E-state index in [1.165, 1.54) is 0 Å². The van der Waals surface area contributed by atoms with Crippen molar-refractivity contribution in [1.29, 1.82) is 0 Å². The molecule has 1 amide bonds. The molecule has 2 aliphatic rings. The maximum atomic E-state index is 12.6. The summed E-state index contributed by atoms with van der Waals surface area (Å²) in [4.78, 5) is 23.6. The van der Waals surface area contributed by atoms with Crippen molar-refractivity contribution in [3.63, 3.8) is 0 Å². The number of hydrogen-bond donors (Lipinski definition) is 1. The van der Waals surface area contributed by atoms with Crippen LogP contribution >= 0.6 is 0 Å². The highest BCUT2D eigenvalue weighted by atomic mass is 16.5. The Labute approximate surface area is 167 Å². The van der Waals surface area contributed by atoms with Gasteiger partial charge in [-0.05, 0) is 25.7 Å². The maximum Gasteiger partial charge on any atom is 0.239 e. The molecule has 0 radical (unpaired) electrons. The molecule has 2 fully saturated rings. The number of carbonyl (C=O) groups is 1. The zero-order chi connectivity index (χ0) is 20.1. The predicted octanol–water partition coefficient (Wildman–Crippen LogP) is 1.50. The molecule has 0 spiro atoms. The van der Waals surface area contributed by atoms with Gasteiger partial charge in [-0.15, -0.1) is 0 Å². The predicted molar refractivity (Wildman–Crippen MR) is 109 cm³/mol. The molecule has 8 heteroatoms. The van der Waals surface area contributed by atoms with E-state index in [2.05, 4.69) is 39.1 Å². The van der Waals surface area contributed by atoms with Crippen LogP contribution in [0.3, 0.4) is 0 Å². The number of amides is 1. The number of nitrogens with zero attached hydrogens (tertiary/aromatic N) is 5. The van der Waals surface area contributed by atoms with Gasteiger partial charge in [0.2, 0.25) is 5.91 Å². The number of nitrogens with one attached hydrogen (secondary N) is 1. The van der Waals surface area contributed by atoms with E-state index in [1.807, 2.05) is 17.9 Å². The largest absolute Gasteiger partial charge is 0.359 e. The van der Waals surface area contributed by atoms with Gasteiger partial charge in [-0.1, -0.05) is 19.0 Å². The van der Waals surface area contributed by atoms with E-state index in [-0.39, 0.29) is 11.9 Å². The molecule has 156 valence electrons. The Morgan fingerprint density at radius 3 is 2.39 bits per heavy atom. The van der Waals surface area contributed by atoms with E-state index < -0.39 is 0 Å². The van der Waals surface area contributed by atoms with Crippen molar-refractivity contribution >= 4 is 11.9 Å². The van der Waals surface area contributed by atoms with Gasteiger partial charge in [0, 0.05) is 52.4 Å². The monoisotopic (exact) mass is 390 g/mol. The van der Waals surface area contributed by atoms with Gasteiger partial charge in [-0.25, -0.2) is 0 Å². The molecule has 2 aliphatic heterocycles. The summed E-state index contributed by atoms with van der Waals surface area (Å²) in [6.45, 7) is 12.1. The summed E-state index contributed by atoms with van der Waals surface area (Å²) in [5, 5.41) is 7.47. The van der Waals surface area contributed by atoms with Crippen molar-refractivity contribution in [1.82, 2.24) is 25.2 Å². The summed E-state index contributed by atoms with van der Waals surface area (Å²) in [7, 11) is 1.80. The molecule has 1 N–H and O–H groups in total. The van der Waals surface area contributed by atoms with Crippen LogP contribution in [0, 0.1) is 0 Å². The molecule has 1 unspecified atom stereocenters. The lowest BCUT2D eigenvalue weighted by Gasteiger charge is -2.39. The molecule has 0 saturated carbocycles. The van der Waals surface area contributed by atoms with E-state index in [0.717, 1.165) is 69.5 Å². The molecule has 0 aromatic carbocycles. The SMILES string of the molecule is CN=C(NCc1cc(C(C)C)no1)N1CCN(C(C)C(=O)N2CCCC2)CC1. The van der Waals surface area contributed by atoms with Crippen LogP contribution in [-0.4, -0.2) is 84.1 Å². The number of piperazine rings is 1. The van der Waals surface area contributed by atoms with Gasteiger partial charge in [-0.2, -0.15) is 0 Å². The summed E-state index contributed by atoms with van der Waals surface area (Å²) in [5.41, 5.74) is 0.969. The van der Waals surface area contributed by atoms with Crippen molar-refractivity contribution < 1.29 is 9.32 Å². The molecular weight excluding hydrogens is 356 g/mol. The number of aliphatic imine (C=N–C) groups is 1. The fourth-order valence-electron chi connectivity index (χ4n) is 3.86. The van der Waals surface area contributed by atoms with E-state index in [0.29, 0.717) is 12.5 Å². The van der Waals surface area contributed by atoms with E-state index in [9.17, 15) is 4.79 Å². The number of guanidine groups is 1. The number of hydrogen-bond acceptors (Lipinski definition) is 5. The lowest BCUT2D eigenvalue weighted by Crippen LogP contribution is -2.57. The van der Waals surface area contributed by atoms with Crippen molar-refractivity contribution in [2.75, 3.05) is 46.3 Å². The quantitative estimate of drug-likeness (QED) is 0.607. The first-order valence-corrected chi connectivity index (χ1v) is 10.4. The third-order valence-corrected chi connectivity index (χ3v) is 5.74. The van der Waals surface area contributed by atoms with Gasteiger partial charge in [0.25, 0.3) is 0 Å². The fraction of sp³-hybridized carbons (Fsp3) is 0.750. The maximum absolute atomic E-state index is 12.6. The van der Waals surface area contributed by atoms with Crippen LogP contribution in [0.25, 0.3) is 0 Å². The zero-order valence-corrected chi connectivity index (χ0v) is 17.6. The van der Waals surface area contributed by atoms with Gasteiger partial charge >= 0.3 is 0 Å².